The molecule has 28 heavy (non-hydrogen) atoms. The summed E-state index contributed by atoms with van der Waals surface area (Å²) in [6.45, 7) is 3.01. The van der Waals surface area contributed by atoms with Gasteiger partial charge in [0.15, 0.2) is 0 Å². The molecule has 0 atom stereocenters. The molecule has 142 valence electrons. The molecule has 3 rings (SSSR count). The van der Waals surface area contributed by atoms with Crippen LogP contribution in [0.3, 0.4) is 0 Å². The van der Waals surface area contributed by atoms with Crippen LogP contribution in [0, 0.1) is 6.92 Å². The summed E-state index contributed by atoms with van der Waals surface area (Å²) in [5.41, 5.74) is 4.60. The molecule has 0 bridgehead atoms. The molecule has 4 heteroatoms. The Bertz CT molecular complexity index is 917. The number of carbonyl (C=O) groups excluding carboxylic acids is 2. The van der Waals surface area contributed by atoms with E-state index in [1.807, 2.05) is 85.8 Å². The van der Waals surface area contributed by atoms with Crippen LogP contribution in [0.1, 0.15) is 32.7 Å². The minimum atomic E-state index is -0.107. The third-order valence-corrected chi connectivity index (χ3v) is 4.49. The summed E-state index contributed by atoms with van der Waals surface area (Å²) in [5.74, 6) is -0.202. The molecule has 0 heterocycles. The van der Waals surface area contributed by atoms with Gasteiger partial charge in [-0.2, -0.15) is 0 Å². The molecule has 0 unspecified atom stereocenters. The van der Waals surface area contributed by atoms with E-state index in [0.717, 1.165) is 16.7 Å². The second-order valence-corrected chi connectivity index (χ2v) is 6.67. The highest BCUT2D eigenvalue weighted by molar-refractivity contribution is 5.95. The zero-order chi connectivity index (χ0) is 19.8. The molecule has 0 spiro atoms. The first kappa shape index (κ1) is 19.4. The number of rotatable bonds is 7. The lowest BCUT2D eigenvalue weighted by Gasteiger charge is -2.08. The van der Waals surface area contributed by atoms with Crippen molar-refractivity contribution in [2.24, 2.45) is 0 Å². The second-order valence-electron chi connectivity index (χ2n) is 6.67. The largest absolute Gasteiger partial charge is 0.352 e. The normalized spacial score (nSPS) is 10.3. The van der Waals surface area contributed by atoms with E-state index in [1.165, 1.54) is 0 Å². The molecule has 0 aliphatic heterocycles. The lowest BCUT2D eigenvalue weighted by Crippen LogP contribution is -2.29. The smallest absolute Gasteiger partial charge is 0.251 e. The van der Waals surface area contributed by atoms with Crippen LogP contribution < -0.4 is 10.6 Å². The Morgan fingerprint density at radius 2 is 1.11 bits per heavy atom. The minimum absolute atomic E-state index is 0.0946. The van der Waals surface area contributed by atoms with E-state index in [-0.39, 0.29) is 11.8 Å². The summed E-state index contributed by atoms with van der Waals surface area (Å²) in [5, 5.41) is 5.76. The number of hydrogen-bond acceptors (Lipinski definition) is 2. The molecule has 0 aliphatic carbocycles. The molecule has 0 aliphatic rings. The van der Waals surface area contributed by atoms with Crippen LogP contribution in [0.4, 0.5) is 0 Å². The zero-order valence-electron chi connectivity index (χ0n) is 15.9. The number of benzene rings is 3. The predicted molar refractivity (Wildman–Crippen MR) is 112 cm³/mol. The van der Waals surface area contributed by atoms with Gasteiger partial charge in [0.1, 0.15) is 0 Å². The average molecular weight is 372 g/mol. The summed E-state index contributed by atoms with van der Waals surface area (Å²) in [4.78, 5) is 24.3. The fourth-order valence-corrected chi connectivity index (χ4v) is 2.85. The van der Waals surface area contributed by atoms with Gasteiger partial charge in [0.2, 0.25) is 0 Å². The van der Waals surface area contributed by atoms with Gasteiger partial charge >= 0.3 is 0 Å². The number of hydrogen-bond donors (Lipinski definition) is 2. The Hall–Kier alpha value is -3.40. The van der Waals surface area contributed by atoms with Crippen LogP contribution in [0.2, 0.25) is 0 Å². The predicted octanol–water partition coefficient (Wildman–Crippen LogP) is 4.21. The molecule has 4 nitrogen and oxygen atoms in total. The van der Waals surface area contributed by atoms with E-state index in [4.69, 9.17) is 0 Å². The molecule has 0 fully saturated rings. The van der Waals surface area contributed by atoms with Crippen molar-refractivity contribution in [3.05, 3.63) is 95.6 Å². The second kappa shape index (κ2) is 9.51. The minimum Gasteiger partial charge on any atom is -0.352 e. The monoisotopic (exact) mass is 372 g/mol. The summed E-state index contributed by atoms with van der Waals surface area (Å²) >= 11 is 0. The zero-order valence-corrected chi connectivity index (χ0v) is 15.9. The van der Waals surface area contributed by atoms with Crippen molar-refractivity contribution in [1.29, 1.82) is 0 Å². The van der Waals surface area contributed by atoms with Crippen molar-refractivity contribution in [2.45, 2.75) is 13.3 Å². The molecular weight excluding hydrogens is 348 g/mol. The molecule has 0 aromatic heterocycles. The van der Waals surface area contributed by atoms with Crippen LogP contribution in [0.15, 0.2) is 78.9 Å². The van der Waals surface area contributed by atoms with E-state index >= 15 is 0 Å². The first-order chi connectivity index (χ1) is 13.6. The van der Waals surface area contributed by atoms with Crippen molar-refractivity contribution in [1.82, 2.24) is 10.6 Å². The third-order valence-electron chi connectivity index (χ3n) is 4.49. The van der Waals surface area contributed by atoms with Crippen molar-refractivity contribution >= 4 is 11.8 Å². The van der Waals surface area contributed by atoms with Gasteiger partial charge in [-0.25, -0.2) is 0 Å². The number of aryl methyl sites for hydroxylation is 1. The Morgan fingerprint density at radius 1 is 0.643 bits per heavy atom. The Balaban J connectivity index is 1.41. The molecule has 3 aromatic rings. The van der Waals surface area contributed by atoms with Gasteiger partial charge in [0.25, 0.3) is 11.8 Å². The summed E-state index contributed by atoms with van der Waals surface area (Å²) in [6, 6.07) is 25.1. The quantitative estimate of drug-likeness (QED) is 0.610. The van der Waals surface area contributed by atoms with Crippen LogP contribution >= 0.6 is 0 Å². The lowest BCUT2D eigenvalue weighted by atomic mass is 10.0. The van der Waals surface area contributed by atoms with Crippen molar-refractivity contribution < 1.29 is 9.59 Å². The van der Waals surface area contributed by atoms with E-state index < -0.39 is 0 Å². The Kier molecular flexibility index (Phi) is 6.58. The van der Waals surface area contributed by atoms with Crippen LogP contribution in [-0.2, 0) is 0 Å². The number of nitrogens with one attached hydrogen (secondary N) is 2. The first-order valence-corrected chi connectivity index (χ1v) is 9.42. The molecule has 0 saturated carbocycles. The summed E-state index contributed by atoms with van der Waals surface area (Å²) in [6.07, 6.45) is 0.672. The molecular formula is C24H24N2O2. The van der Waals surface area contributed by atoms with Crippen LogP contribution in [0.25, 0.3) is 11.1 Å². The van der Waals surface area contributed by atoms with Gasteiger partial charge in [-0.05, 0) is 48.7 Å². The average Bonchev–Trinajstić information content (AvgIpc) is 2.74. The number of amides is 2. The standard InChI is InChI=1S/C24H24N2O2/c1-18-8-10-21(11-9-18)23(27)25-16-5-17-26-24(28)22-14-12-20(13-15-22)19-6-3-2-4-7-19/h2-4,6-15H,5,16-17H2,1H3,(H,25,27)(H,26,28). The maximum atomic E-state index is 12.2. The van der Waals surface area contributed by atoms with Crippen molar-refractivity contribution in [3.63, 3.8) is 0 Å². The van der Waals surface area contributed by atoms with E-state index in [1.54, 1.807) is 0 Å². The van der Waals surface area contributed by atoms with Crippen molar-refractivity contribution in [3.8, 4) is 11.1 Å². The maximum absolute atomic E-state index is 12.2. The van der Waals surface area contributed by atoms with E-state index in [0.29, 0.717) is 30.6 Å². The fourth-order valence-electron chi connectivity index (χ4n) is 2.85. The van der Waals surface area contributed by atoms with Gasteiger partial charge in [-0.1, -0.05) is 60.2 Å². The van der Waals surface area contributed by atoms with E-state index in [9.17, 15) is 9.59 Å². The SMILES string of the molecule is Cc1ccc(C(=O)NCCCNC(=O)c2ccc(-c3ccccc3)cc2)cc1. The van der Waals surface area contributed by atoms with E-state index in [2.05, 4.69) is 10.6 Å². The van der Waals surface area contributed by atoms with Crippen molar-refractivity contribution in [2.75, 3.05) is 13.1 Å². The van der Waals surface area contributed by atoms with Crippen LogP contribution in [0.5, 0.6) is 0 Å². The molecule has 3 aromatic carbocycles. The summed E-state index contributed by atoms with van der Waals surface area (Å²) < 4.78 is 0. The summed E-state index contributed by atoms with van der Waals surface area (Å²) in [7, 11) is 0. The van der Waals surface area contributed by atoms with Crippen LogP contribution in [-0.4, -0.2) is 24.9 Å². The van der Waals surface area contributed by atoms with Gasteiger partial charge in [-0.3, -0.25) is 9.59 Å². The number of carbonyl (C=O) groups is 2. The van der Waals surface area contributed by atoms with Gasteiger partial charge in [0, 0.05) is 24.2 Å². The van der Waals surface area contributed by atoms with Gasteiger partial charge < -0.3 is 10.6 Å². The highest BCUT2D eigenvalue weighted by Gasteiger charge is 2.06. The van der Waals surface area contributed by atoms with Gasteiger partial charge in [-0.15, -0.1) is 0 Å². The molecule has 0 saturated heterocycles. The highest BCUT2D eigenvalue weighted by atomic mass is 16.2. The molecule has 2 amide bonds. The fraction of sp³-hybridized carbons (Fsp3) is 0.167. The molecule has 2 N–H and O–H groups in total. The Labute approximate surface area is 165 Å². The topological polar surface area (TPSA) is 58.2 Å². The Morgan fingerprint density at radius 3 is 1.64 bits per heavy atom. The lowest BCUT2D eigenvalue weighted by molar-refractivity contribution is 0.0952. The maximum Gasteiger partial charge on any atom is 0.251 e. The molecule has 0 radical (unpaired) electrons. The first-order valence-electron chi connectivity index (χ1n) is 9.42. The third kappa shape index (κ3) is 5.30. The highest BCUT2D eigenvalue weighted by Crippen LogP contribution is 2.19. The van der Waals surface area contributed by atoms with Gasteiger partial charge in [0.05, 0.1) is 0 Å².